The van der Waals surface area contributed by atoms with Gasteiger partial charge in [-0.15, -0.1) is 4.57 Å². The Bertz CT molecular complexity index is 7100. The molecule has 20 aromatic heterocycles. The number of aromatic nitrogens is 18. The Hall–Kier alpha value is -13.4. The maximum atomic E-state index is 7.91. The van der Waals surface area contributed by atoms with Crippen LogP contribution in [0.25, 0.3) is 171 Å². The lowest BCUT2D eigenvalue weighted by Gasteiger charge is -1.99. The van der Waals surface area contributed by atoms with Crippen molar-refractivity contribution in [2.45, 2.75) is 32.7 Å². The molecule has 103 heavy (non-hydrogen) atoms. The zero-order valence-corrected chi connectivity index (χ0v) is 55.8. The third-order valence-corrected chi connectivity index (χ3v) is 22.3. The van der Waals surface area contributed by atoms with Crippen LogP contribution in [-0.2, 0) is 46.7 Å². The van der Waals surface area contributed by atoms with E-state index in [1.807, 2.05) is 162 Å². The monoisotopic (exact) mass is 1390 g/mol. The first-order chi connectivity index (χ1) is 52.1. The van der Waals surface area contributed by atoms with E-state index >= 15 is 0 Å². The molecule has 0 aliphatic carbocycles. The van der Waals surface area contributed by atoms with E-state index in [0.29, 0.717) is 40.4 Å². The largest absolute Gasteiger partial charge is 0.423 e. The van der Waals surface area contributed by atoms with Gasteiger partial charge in [0.15, 0.2) is 13.1 Å². The molecule has 0 radical (unpaired) electrons. The number of thiazole rings is 1. The van der Waals surface area contributed by atoms with Gasteiger partial charge in [-0.25, -0.2) is 34.1 Å². The fraction of sp³-hybridized carbons (Fsp3) is 0.0897. The SMILES string of the molecule is Cn1c2ncccc2c2oc3[n+](c21)Cc1cnccc1-3.[2H]C([2H])([2H])n1c2ncccc2c2oc3[n+](c21)Cc1cnccc1-3.c1ccc(-n2c3ncccc3c3oc4[n+](c32)Cc2cnccc2-4)cc1.c1cnc2oc3c(oc4[n+]3Cc3cnccc3-4)c2c1.c1cnc2sc3c(sc4[n+]3Cc3cnccc3-4)c2c1. The highest BCUT2D eigenvalue weighted by atomic mass is 32.1. The number of benzene rings is 1. The van der Waals surface area contributed by atoms with Crippen LogP contribution in [0.15, 0.2) is 236 Å². The third-order valence-electron chi connectivity index (χ3n) is 19.8. The van der Waals surface area contributed by atoms with Crippen LogP contribution < -0.4 is 22.8 Å². The molecule has 21 aromatic rings. The maximum Gasteiger partial charge on any atom is 0.423 e. The van der Waals surface area contributed by atoms with Gasteiger partial charge in [-0.05, 0) is 114 Å². The molecule has 26 rings (SSSR count). The van der Waals surface area contributed by atoms with E-state index in [1.165, 1.54) is 46.7 Å². The van der Waals surface area contributed by atoms with Crippen LogP contribution >= 0.6 is 22.7 Å². The van der Waals surface area contributed by atoms with Gasteiger partial charge in [-0.2, -0.15) is 22.8 Å². The summed E-state index contributed by atoms with van der Waals surface area (Å²) in [5.74, 6) is 3.29. The number of pyridine rings is 10. The highest BCUT2D eigenvalue weighted by Crippen LogP contribution is 2.43. The van der Waals surface area contributed by atoms with E-state index in [2.05, 4.69) is 109 Å². The van der Waals surface area contributed by atoms with Crippen molar-refractivity contribution in [1.82, 2.24) is 63.5 Å². The van der Waals surface area contributed by atoms with Gasteiger partial charge in [0.2, 0.25) is 39.4 Å². The minimum Gasteiger partial charge on any atom is -0.413 e. The average molecular weight is 1390 g/mol. The molecule has 5 aliphatic heterocycles. The fourth-order valence-corrected chi connectivity index (χ4v) is 17.9. The molecule has 5 aliphatic rings. The Labute approximate surface area is 591 Å². The van der Waals surface area contributed by atoms with Gasteiger partial charge in [0.1, 0.15) is 34.9 Å². The van der Waals surface area contributed by atoms with Crippen molar-refractivity contribution < 1.29 is 49.0 Å². The smallest absolute Gasteiger partial charge is 0.413 e. The summed E-state index contributed by atoms with van der Waals surface area (Å²) in [6.07, 6.45) is 27.2. The number of thiophene rings is 1. The van der Waals surface area contributed by atoms with Crippen LogP contribution in [0.5, 0.6) is 0 Å². The fourth-order valence-electron chi connectivity index (χ4n) is 15.2. The molecule has 0 fully saturated rings. The minimum absolute atomic E-state index is 0.408. The zero-order chi connectivity index (χ0) is 70.2. The van der Waals surface area contributed by atoms with Crippen molar-refractivity contribution in [3.63, 3.8) is 0 Å². The van der Waals surface area contributed by atoms with Gasteiger partial charge in [0.25, 0.3) is 33.1 Å². The molecule has 0 N–H and O–H groups in total. The molecule has 25 heteroatoms. The van der Waals surface area contributed by atoms with Crippen molar-refractivity contribution in [3.05, 3.63) is 242 Å². The van der Waals surface area contributed by atoms with Crippen LogP contribution in [-0.4, -0.2) is 63.5 Å². The van der Waals surface area contributed by atoms with E-state index < -0.39 is 6.98 Å². The van der Waals surface area contributed by atoms with Gasteiger partial charge >= 0.3 is 28.5 Å². The normalized spacial score (nSPS) is 13.5. The van der Waals surface area contributed by atoms with Gasteiger partial charge in [0.05, 0.1) is 73.1 Å². The van der Waals surface area contributed by atoms with Crippen molar-refractivity contribution in [1.29, 1.82) is 0 Å². The first-order valence-corrected chi connectivity index (χ1v) is 34.8. The van der Waals surface area contributed by atoms with Crippen LogP contribution in [0.4, 0.5) is 0 Å². The van der Waals surface area contributed by atoms with Crippen molar-refractivity contribution in [2.75, 3.05) is 0 Å². The Kier molecular flexibility index (Phi) is 11.7. The van der Waals surface area contributed by atoms with Gasteiger partial charge in [-0.3, -0.25) is 24.9 Å². The summed E-state index contributed by atoms with van der Waals surface area (Å²) in [4.78, 5) is 45.4. The van der Waals surface area contributed by atoms with E-state index in [4.69, 9.17) is 26.2 Å². The number of aryl methyl sites for hydroxylation is 2. The average Bonchev–Trinajstić information content (AvgIpc) is 1.53. The first-order valence-electron chi connectivity index (χ1n) is 34.7. The Morgan fingerprint density at radius 3 is 1.40 bits per heavy atom. The molecular weight excluding hydrogens is 1330 g/mol. The van der Waals surface area contributed by atoms with Crippen LogP contribution in [0.1, 0.15) is 31.9 Å². The molecule has 1 aromatic carbocycles. The zero-order valence-electron chi connectivity index (χ0n) is 57.2. The Morgan fingerprint density at radius 2 is 0.816 bits per heavy atom. The van der Waals surface area contributed by atoms with E-state index in [1.54, 1.807) is 54.6 Å². The first kappa shape index (κ1) is 54.5. The standard InChI is InChI=1S/C20H13N4O.2C15H11N4O.C14H8N3O2.C14H8N3S2/c1-2-5-14(6-3-1)24-18-16(7-4-9-22-18)17-19(24)23-12-13-11-21-10-8-15(13)20(23)25-17;2*1-18-13-11(3-2-5-17-13)12-14(18)19-8-9-7-16-6-4-10(9)15(19)20-12;2*1-2-10-11-14(19-12(10)16-4-1)17-7-8-6-15-5-3-9(8)13(17)18-11/h1-11H,12H2;2*2-7H,8H2,1H3;2*1-6H,7H2/q5*+1/i;1D3;;;. The molecule has 0 saturated carbocycles. The second kappa shape index (κ2) is 22.1. The Balaban J connectivity index is 0.0000000830. The summed E-state index contributed by atoms with van der Waals surface area (Å²) < 4.78 is 71.7. The summed E-state index contributed by atoms with van der Waals surface area (Å²) in [6.45, 7) is 1.42. The van der Waals surface area contributed by atoms with Gasteiger partial charge < -0.3 is 22.1 Å². The Morgan fingerprint density at radius 1 is 0.379 bits per heavy atom. The summed E-state index contributed by atoms with van der Waals surface area (Å²) in [6, 6.07) is 39.9. The van der Waals surface area contributed by atoms with Gasteiger partial charge in [0, 0.05) is 121 Å². The van der Waals surface area contributed by atoms with E-state index in [-0.39, 0.29) is 0 Å². The molecule has 0 atom stereocenters. The summed E-state index contributed by atoms with van der Waals surface area (Å²) in [7, 11) is 2.03. The van der Waals surface area contributed by atoms with E-state index in [0.717, 1.165) is 149 Å². The van der Waals surface area contributed by atoms with Crippen LogP contribution in [0.3, 0.4) is 0 Å². The second-order valence-corrected chi connectivity index (χ2v) is 27.4. The van der Waals surface area contributed by atoms with Crippen molar-refractivity contribution in [3.8, 4) is 62.1 Å². The lowest BCUT2D eigenvalue weighted by Crippen LogP contribution is -2.32. The topological polar surface area (TPSA) is 229 Å². The number of nitrogens with zero attached hydrogens (tertiary/aromatic N) is 18. The lowest BCUT2D eigenvalue weighted by molar-refractivity contribution is -0.655. The van der Waals surface area contributed by atoms with Crippen molar-refractivity contribution >= 4 is 132 Å². The number of hydrogen-bond acceptors (Lipinski definition) is 17. The number of fused-ring (bicyclic) bond motifs is 35. The van der Waals surface area contributed by atoms with Crippen LogP contribution in [0, 0.1) is 0 Å². The van der Waals surface area contributed by atoms with Crippen molar-refractivity contribution in [2.24, 2.45) is 14.0 Å². The number of rotatable bonds is 1. The number of hydrogen-bond donors (Lipinski definition) is 0. The van der Waals surface area contributed by atoms with E-state index in [9.17, 15) is 0 Å². The molecule has 0 unspecified atom stereocenters. The quantitative estimate of drug-likeness (QED) is 0.139. The predicted octanol–water partition coefficient (Wildman–Crippen LogP) is 13.1. The predicted molar refractivity (Wildman–Crippen MR) is 383 cm³/mol. The molecular formula is C78H51N18O5S2+5. The lowest BCUT2D eigenvalue weighted by atomic mass is 10.2. The highest BCUT2D eigenvalue weighted by molar-refractivity contribution is 7.32. The number of oxazole rings is 4. The van der Waals surface area contributed by atoms with Crippen LogP contribution in [0.2, 0.25) is 0 Å². The molecule has 25 heterocycles. The molecule has 490 valence electrons. The number of para-hydroxylation sites is 1. The van der Waals surface area contributed by atoms with Gasteiger partial charge in [-0.1, -0.05) is 29.5 Å². The summed E-state index contributed by atoms with van der Waals surface area (Å²) in [5, 5.41) is 6.34. The maximum absolute atomic E-state index is 7.91. The second-order valence-electron chi connectivity index (χ2n) is 25.5. The molecule has 0 amide bonds. The summed E-state index contributed by atoms with van der Waals surface area (Å²) in [5.41, 5.74) is 21.9. The number of furan rings is 1. The highest BCUT2D eigenvalue weighted by Gasteiger charge is 2.41. The summed E-state index contributed by atoms with van der Waals surface area (Å²) >= 11 is 3.66. The molecule has 23 nitrogen and oxygen atoms in total. The molecule has 0 spiro atoms. The molecule has 0 bridgehead atoms. The minimum atomic E-state index is -2.34. The molecule has 0 saturated heterocycles. The third kappa shape index (κ3) is 8.44.